The van der Waals surface area contributed by atoms with Gasteiger partial charge in [-0.2, -0.15) is 0 Å². The van der Waals surface area contributed by atoms with Crippen LogP contribution in [0.15, 0.2) is 41.7 Å². The molecular formula is C20H29N3O3S. The van der Waals surface area contributed by atoms with Gasteiger partial charge in [0, 0.05) is 25.7 Å². The summed E-state index contributed by atoms with van der Waals surface area (Å²) in [5.74, 6) is 0.0639. The van der Waals surface area contributed by atoms with Gasteiger partial charge in [-0.25, -0.2) is 13.4 Å². The van der Waals surface area contributed by atoms with Crippen LogP contribution in [-0.2, 0) is 34.1 Å². The Bertz CT molecular complexity index is 827. The lowest BCUT2D eigenvalue weighted by Gasteiger charge is -2.23. The summed E-state index contributed by atoms with van der Waals surface area (Å²) in [6, 6.07) is 10.7. The third-order valence-corrected chi connectivity index (χ3v) is 6.83. The highest BCUT2D eigenvalue weighted by molar-refractivity contribution is 7.91. The Morgan fingerprint density at radius 2 is 2.07 bits per heavy atom. The molecule has 0 amide bonds. The standard InChI is InChI=1S/C20H29N3O3S/c1-3-27(24,25)20-21-14-19(15-22(2)18-11-13-26-16-18)23(20)12-7-10-17-8-5-4-6-9-17/h4-6,8-9,14,18H,3,7,10-13,15-16H2,1-2H3/t18-/m1/s1. The van der Waals surface area contributed by atoms with Gasteiger partial charge in [0.1, 0.15) is 0 Å². The summed E-state index contributed by atoms with van der Waals surface area (Å²) in [4.78, 5) is 6.52. The Labute approximate surface area is 162 Å². The van der Waals surface area contributed by atoms with Gasteiger partial charge in [-0.1, -0.05) is 37.3 Å². The van der Waals surface area contributed by atoms with E-state index in [1.54, 1.807) is 13.1 Å². The fraction of sp³-hybridized carbons (Fsp3) is 0.550. The van der Waals surface area contributed by atoms with Crippen LogP contribution in [0.25, 0.3) is 0 Å². The van der Waals surface area contributed by atoms with E-state index in [1.807, 2.05) is 22.8 Å². The first-order valence-corrected chi connectivity index (χ1v) is 11.3. The number of ether oxygens (including phenoxy) is 1. The van der Waals surface area contributed by atoms with Crippen molar-refractivity contribution in [2.24, 2.45) is 0 Å². The van der Waals surface area contributed by atoms with E-state index in [0.717, 1.165) is 38.2 Å². The lowest BCUT2D eigenvalue weighted by Crippen LogP contribution is -2.32. The zero-order valence-corrected chi connectivity index (χ0v) is 17.0. The monoisotopic (exact) mass is 391 g/mol. The molecule has 27 heavy (non-hydrogen) atoms. The summed E-state index contributed by atoms with van der Waals surface area (Å²) in [6.07, 6.45) is 4.52. The molecule has 1 saturated heterocycles. The molecule has 0 N–H and O–H groups in total. The molecule has 148 valence electrons. The van der Waals surface area contributed by atoms with Crippen LogP contribution in [0, 0.1) is 0 Å². The molecule has 1 atom stereocenters. The third-order valence-electron chi connectivity index (χ3n) is 5.19. The lowest BCUT2D eigenvalue weighted by molar-refractivity contribution is 0.155. The Morgan fingerprint density at radius 3 is 2.74 bits per heavy atom. The molecule has 0 radical (unpaired) electrons. The van der Waals surface area contributed by atoms with Crippen molar-refractivity contribution < 1.29 is 13.2 Å². The quantitative estimate of drug-likeness (QED) is 0.657. The van der Waals surface area contributed by atoms with Gasteiger partial charge in [0.25, 0.3) is 0 Å². The largest absolute Gasteiger partial charge is 0.380 e. The number of likely N-dealkylation sites (N-methyl/N-ethyl adjacent to an activating group) is 1. The van der Waals surface area contributed by atoms with E-state index in [-0.39, 0.29) is 10.9 Å². The van der Waals surface area contributed by atoms with Gasteiger partial charge in [0.2, 0.25) is 15.0 Å². The van der Waals surface area contributed by atoms with Crippen LogP contribution in [0.4, 0.5) is 0 Å². The van der Waals surface area contributed by atoms with E-state index in [0.29, 0.717) is 19.1 Å². The average Bonchev–Trinajstić information content (AvgIpc) is 3.33. The van der Waals surface area contributed by atoms with Crippen LogP contribution < -0.4 is 0 Å². The highest BCUT2D eigenvalue weighted by atomic mass is 32.2. The Morgan fingerprint density at radius 1 is 1.30 bits per heavy atom. The van der Waals surface area contributed by atoms with Crippen molar-refractivity contribution in [2.45, 2.75) is 50.5 Å². The zero-order chi connectivity index (χ0) is 19.3. The number of aryl methyl sites for hydroxylation is 1. The summed E-state index contributed by atoms with van der Waals surface area (Å²) < 4.78 is 32.4. The number of sulfone groups is 1. The minimum atomic E-state index is -3.35. The molecular weight excluding hydrogens is 362 g/mol. The van der Waals surface area contributed by atoms with Gasteiger partial charge in [0.15, 0.2) is 0 Å². The maximum absolute atomic E-state index is 12.5. The van der Waals surface area contributed by atoms with E-state index >= 15 is 0 Å². The van der Waals surface area contributed by atoms with Crippen molar-refractivity contribution in [3.63, 3.8) is 0 Å². The van der Waals surface area contributed by atoms with Gasteiger partial charge >= 0.3 is 0 Å². The van der Waals surface area contributed by atoms with Gasteiger partial charge in [0.05, 0.1) is 24.3 Å². The van der Waals surface area contributed by atoms with Crippen molar-refractivity contribution in [3.05, 3.63) is 47.8 Å². The molecule has 1 aromatic heterocycles. The van der Waals surface area contributed by atoms with E-state index < -0.39 is 9.84 Å². The van der Waals surface area contributed by atoms with E-state index in [1.165, 1.54) is 5.56 Å². The van der Waals surface area contributed by atoms with Crippen molar-refractivity contribution >= 4 is 9.84 Å². The maximum atomic E-state index is 12.5. The maximum Gasteiger partial charge on any atom is 0.227 e. The average molecular weight is 392 g/mol. The molecule has 1 aliphatic heterocycles. The van der Waals surface area contributed by atoms with Gasteiger partial charge in [-0.15, -0.1) is 0 Å². The molecule has 0 saturated carbocycles. The molecule has 3 rings (SSSR count). The van der Waals surface area contributed by atoms with E-state index in [4.69, 9.17) is 4.74 Å². The summed E-state index contributed by atoms with van der Waals surface area (Å²) in [7, 11) is -1.29. The van der Waals surface area contributed by atoms with Crippen LogP contribution in [0.2, 0.25) is 0 Å². The third kappa shape index (κ3) is 4.97. The topological polar surface area (TPSA) is 64.4 Å². The lowest BCUT2D eigenvalue weighted by atomic mass is 10.1. The predicted octanol–water partition coefficient (Wildman–Crippen LogP) is 2.53. The second-order valence-corrected chi connectivity index (χ2v) is 9.28. The predicted molar refractivity (Wildman–Crippen MR) is 105 cm³/mol. The smallest absolute Gasteiger partial charge is 0.227 e. The molecule has 2 aromatic rings. The van der Waals surface area contributed by atoms with Crippen molar-refractivity contribution in [1.82, 2.24) is 14.5 Å². The number of hydrogen-bond acceptors (Lipinski definition) is 5. The number of benzene rings is 1. The number of rotatable bonds is 9. The first-order chi connectivity index (χ1) is 13.0. The Kier molecular flexibility index (Phi) is 6.68. The molecule has 2 heterocycles. The number of hydrogen-bond donors (Lipinski definition) is 0. The van der Waals surface area contributed by atoms with Crippen LogP contribution in [0.3, 0.4) is 0 Å². The fourth-order valence-electron chi connectivity index (χ4n) is 3.47. The normalized spacial score (nSPS) is 17.7. The van der Waals surface area contributed by atoms with Crippen LogP contribution >= 0.6 is 0 Å². The van der Waals surface area contributed by atoms with Crippen molar-refractivity contribution in [3.8, 4) is 0 Å². The highest BCUT2D eigenvalue weighted by Gasteiger charge is 2.25. The first kappa shape index (κ1) is 20.0. The van der Waals surface area contributed by atoms with Gasteiger partial charge in [-0.3, -0.25) is 4.90 Å². The molecule has 1 fully saturated rings. The van der Waals surface area contributed by atoms with E-state index in [2.05, 4.69) is 29.1 Å². The fourth-order valence-corrected chi connectivity index (χ4v) is 4.49. The van der Waals surface area contributed by atoms with Crippen LogP contribution in [-0.4, -0.2) is 54.9 Å². The van der Waals surface area contributed by atoms with Crippen LogP contribution in [0.5, 0.6) is 0 Å². The molecule has 0 spiro atoms. The summed E-state index contributed by atoms with van der Waals surface area (Å²) in [5, 5.41) is 0.198. The molecule has 0 unspecified atom stereocenters. The summed E-state index contributed by atoms with van der Waals surface area (Å²) >= 11 is 0. The number of imidazole rings is 1. The summed E-state index contributed by atoms with van der Waals surface area (Å²) in [6.45, 7) is 4.51. The Hall–Kier alpha value is -1.70. The Balaban J connectivity index is 1.76. The minimum Gasteiger partial charge on any atom is -0.380 e. The van der Waals surface area contributed by atoms with Crippen LogP contribution in [0.1, 0.15) is 31.0 Å². The molecule has 0 aliphatic carbocycles. The van der Waals surface area contributed by atoms with Gasteiger partial charge < -0.3 is 9.30 Å². The zero-order valence-electron chi connectivity index (χ0n) is 16.2. The molecule has 0 bridgehead atoms. The SMILES string of the molecule is CCS(=O)(=O)c1ncc(CN(C)[C@@H]2CCOC2)n1CCCc1ccccc1. The summed E-state index contributed by atoms with van der Waals surface area (Å²) in [5.41, 5.74) is 2.21. The van der Waals surface area contributed by atoms with Gasteiger partial charge in [-0.05, 0) is 31.9 Å². The van der Waals surface area contributed by atoms with E-state index in [9.17, 15) is 8.42 Å². The van der Waals surface area contributed by atoms with Crippen molar-refractivity contribution in [1.29, 1.82) is 0 Å². The number of aromatic nitrogens is 2. The first-order valence-electron chi connectivity index (χ1n) is 9.60. The molecule has 1 aliphatic rings. The second kappa shape index (κ2) is 8.99. The minimum absolute atomic E-state index is 0.0639. The number of nitrogens with zero attached hydrogens (tertiary/aromatic N) is 3. The molecule has 1 aromatic carbocycles. The highest BCUT2D eigenvalue weighted by Crippen LogP contribution is 2.19. The molecule has 7 heteroatoms. The second-order valence-electron chi connectivity index (χ2n) is 7.11. The van der Waals surface area contributed by atoms with Crippen molar-refractivity contribution in [2.75, 3.05) is 26.0 Å². The molecule has 6 nitrogen and oxygen atoms in total.